The first-order chi connectivity index (χ1) is 11.2. The van der Waals surface area contributed by atoms with Crippen LogP contribution < -0.4 is 5.32 Å². The van der Waals surface area contributed by atoms with Gasteiger partial charge in [-0.25, -0.2) is 0 Å². The minimum Gasteiger partial charge on any atom is -0.311 e. The lowest BCUT2D eigenvalue weighted by atomic mass is 10.1. The quantitative estimate of drug-likeness (QED) is 0.835. The van der Waals surface area contributed by atoms with Crippen molar-refractivity contribution in [2.45, 2.75) is 25.9 Å². The van der Waals surface area contributed by atoms with Gasteiger partial charge in [-0.1, -0.05) is 49.4 Å². The Balaban J connectivity index is 1.67. The molecule has 4 nitrogen and oxygen atoms in total. The van der Waals surface area contributed by atoms with E-state index in [-0.39, 0.29) is 17.9 Å². The largest absolute Gasteiger partial charge is 0.311 e. The molecular formula is C19H20N2O2. The van der Waals surface area contributed by atoms with Crippen molar-refractivity contribution >= 4 is 11.8 Å². The lowest BCUT2D eigenvalue weighted by molar-refractivity contribution is 0.0578. The van der Waals surface area contributed by atoms with E-state index < -0.39 is 0 Å². The van der Waals surface area contributed by atoms with E-state index in [1.54, 1.807) is 24.3 Å². The molecule has 3 rings (SSSR count). The Morgan fingerprint density at radius 2 is 1.48 bits per heavy atom. The summed E-state index contributed by atoms with van der Waals surface area (Å²) in [7, 11) is 0. The Hall–Kier alpha value is -2.46. The molecule has 1 heterocycles. The molecule has 4 heteroatoms. The molecule has 1 N–H and O–H groups in total. The van der Waals surface area contributed by atoms with Gasteiger partial charge in [-0.2, -0.15) is 0 Å². The molecule has 118 valence electrons. The van der Waals surface area contributed by atoms with Gasteiger partial charge in [0.25, 0.3) is 11.8 Å². The second kappa shape index (κ2) is 6.75. The minimum atomic E-state index is -0.182. The zero-order valence-corrected chi connectivity index (χ0v) is 13.2. The SMILES string of the molecule is CCC(CNCc1ccccc1)N1C(=O)c2ccccc2C1=O. The van der Waals surface area contributed by atoms with Crippen molar-refractivity contribution in [3.05, 3.63) is 71.3 Å². The number of imide groups is 1. The Kier molecular flexibility index (Phi) is 4.53. The van der Waals surface area contributed by atoms with Crippen LogP contribution in [0.2, 0.25) is 0 Å². The van der Waals surface area contributed by atoms with Crippen LogP contribution in [0, 0.1) is 0 Å². The van der Waals surface area contributed by atoms with Crippen LogP contribution in [0.4, 0.5) is 0 Å². The van der Waals surface area contributed by atoms with Gasteiger partial charge < -0.3 is 5.32 Å². The number of amides is 2. The molecular weight excluding hydrogens is 288 g/mol. The van der Waals surface area contributed by atoms with Crippen LogP contribution >= 0.6 is 0 Å². The van der Waals surface area contributed by atoms with Crippen molar-refractivity contribution in [3.8, 4) is 0 Å². The number of carbonyl (C=O) groups excluding carboxylic acids is 2. The molecule has 2 amide bonds. The van der Waals surface area contributed by atoms with Gasteiger partial charge in [-0.05, 0) is 24.1 Å². The lowest BCUT2D eigenvalue weighted by Gasteiger charge is -2.25. The van der Waals surface area contributed by atoms with E-state index >= 15 is 0 Å². The zero-order valence-electron chi connectivity index (χ0n) is 13.2. The predicted octanol–water partition coefficient (Wildman–Crippen LogP) is 2.85. The van der Waals surface area contributed by atoms with Crippen molar-refractivity contribution in [2.24, 2.45) is 0 Å². The smallest absolute Gasteiger partial charge is 0.261 e. The van der Waals surface area contributed by atoms with Gasteiger partial charge in [-0.3, -0.25) is 14.5 Å². The van der Waals surface area contributed by atoms with Gasteiger partial charge in [0.15, 0.2) is 0 Å². The Morgan fingerprint density at radius 3 is 2.04 bits per heavy atom. The van der Waals surface area contributed by atoms with E-state index in [0.717, 1.165) is 13.0 Å². The molecule has 0 radical (unpaired) electrons. The summed E-state index contributed by atoms with van der Waals surface area (Å²) in [6.07, 6.45) is 0.729. The molecule has 1 aliphatic heterocycles. The monoisotopic (exact) mass is 308 g/mol. The summed E-state index contributed by atoms with van der Waals surface area (Å²) in [5.74, 6) is -0.363. The fourth-order valence-corrected chi connectivity index (χ4v) is 2.94. The fraction of sp³-hybridized carbons (Fsp3) is 0.263. The third-order valence-corrected chi connectivity index (χ3v) is 4.21. The molecule has 0 bridgehead atoms. The maximum Gasteiger partial charge on any atom is 0.261 e. The molecule has 0 aromatic heterocycles. The average molecular weight is 308 g/mol. The molecule has 2 aromatic rings. The molecule has 0 fully saturated rings. The number of nitrogens with one attached hydrogen (secondary N) is 1. The number of hydrogen-bond donors (Lipinski definition) is 1. The second-order valence-electron chi connectivity index (χ2n) is 5.70. The average Bonchev–Trinajstić information content (AvgIpc) is 2.85. The summed E-state index contributed by atoms with van der Waals surface area (Å²) < 4.78 is 0. The highest BCUT2D eigenvalue weighted by Gasteiger charge is 2.38. The highest BCUT2D eigenvalue weighted by Crippen LogP contribution is 2.25. The standard InChI is InChI=1S/C19H20N2O2/c1-2-15(13-20-12-14-8-4-3-5-9-14)21-18(22)16-10-6-7-11-17(16)19(21)23/h3-11,15,20H,2,12-13H2,1H3. The summed E-state index contributed by atoms with van der Waals surface area (Å²) in [4.78, 5) is 26.4. The summed E-state index contributed by atoms with van der Waals surface area (Å²) in [5.41, 5.74) is 2.21. The summed E-state index contributed by atoms with van der Waals surface area (Å²) in [6, 6.07) is 17.0. The summed E-state index contributed by atoms with van der Waals surface area (Å²) in [5, 5.41) is 3.35. The normalized spacial score (nSPS) is 14.9. The van der Waals surface area contributed by atoms with Gasteiger partial charge >= 0.3 is 0 Å². The first kappa shape index (κ1) is 15.4. The lowest BCUT2D eigenvalue weighted by Crippen LogP contribution is -2.45. The predicted molar refractivity (Wildman–Crippen MR) is 89.2 cm³/mol. The van der Waals surface area contributed by atoms with E-state index in [2.05, 4.69) is 17.4 Å². The number of rotatable bonds is 6. The Labute approximate surface area is 136 Å². The maximum absolute atomic E-state index is 12.5. The molecule has 23 heavy (non-hydrogen) atoms. The topological polar surface area (TPSA) is 49.4 Å². The number of carbonyl (C=O) groups is 2. The molecule has 1 aliphatic rings. The number of fused-ring (bicyclic) bond motifs is 1. The molecule has 1 unspecified atom stereocenters. The van der Waals surface area contributed by atoms with Crippen molar-refractivity contribution in [1.82, 2.24) is 10.2 Å². The Bertz CT molecular complexity index is 677. The number of benzene rings is 2. The van der Waals surface area contributed by atoms with Crippen molar-refractivity contribution in [1.29, 1.82) is 0 Å². The van der Waals surface area contributed by atoms with Crippen LogP contribution in [0.15, 0.2) is 54.6 Å². The molecule has 0 saturated carbocycles. The van der Waals surface area contributed by atoms with Crippen LogP contribution in [0.1, 0.15) is 39.6 Å². The van der Waals surface area contributed by atoms with E-state index in [0.29, 0.717) is 17.7 Å². The first-order valence-corrected chi connectivity index (χ1v) is 7.94. The third-order valence-electron chi connectivity index (χ3n) is 4.21. The maximum atomic E-state index is 12.5. The van der Waals surface area contributed by atoms with Gasteiger partial charge in [0, 0.05) is 13.1 Å². The Morgan fingerprint density at radius 1 is 0.913 bits per heavy atom. The van der Waals surface area contributed by atoms with Crippen molar-refractivity contribution in [2.75, 3.05) is 6.54 Å². The van der Waals surface area contributed by atoms with E-state index in [4.69, 9.17) is 0 Å². The highest BCUT2D eigenvalue weighted by atomic mass is 16.2. The van der Waals surface area contributed by atoms with Crippen molar-refractivity contribution in [3.63, 3.8) is 0 Å². The summed E-state index contributed by atoms with van der Waals surface area (Å²) in [6.45, 7) is 3.32. The minimum absolute atomic E-state index is 0.133. The van der Waals surface area contributed by atoms with E-state index in [9.17, 15) is 9.59 Å². The van der Waals surface area contributed by atoms with Crippen LogP contribution in [0.25, 0.3) is 0 Å². The van der Waals surface area contributed by atoms with Crippen LogP contribution in [0.5, 0.6) is 0 Å². The summed E-state index contributed by atoms with van der Waals surface area (Å²) >= 11 is 0. The van der Waals surface area contributed by atoms with Gasteiger partial charge in [-0.15, -0.1) is 0 Å². The fourth-order valence-electron chi connectivity index (χ4n) is 2.94. The van der Waals surface area contributed by atoms with Crippen molar-refractivity contribution < 1.29 is 9.59 Å². The van der Waals surface area contributed by atoms with E-state index in [1.807, 2.05) is 25.1 Å². The van der Waals surface area contributed by atoms with Gasteiger partial charge in [0.05, 0.1) is 17.2 Å². The molecule has 0 aliphatic carbocycles. The molecule has 0 spiro atoms. The number of hydrogen-bond acceptors (Lipinski definition) is 3. The zero-order chi connectivity index (χ0) is 16.2. The van der Waals surface area contributed by atoms with Gasteiger partial charge in [0.1, 0.15) is 0 Å². The molecule has 1 atom stereocenters. The van der Waals surface area contributed by atoms with Gasteiger partial charge in [0.2, 0.25) is 0 Å². The van der Waals surface area contributed by atoms with Crippen LogP contribution in [-0.2, 0) is 6.54 Å². The number of nitrogens with zero attached hydrogens (tertiary/aromatic N) is 1. The molecule has 2 aromatic carbocycles. The van der Waals surface area contributed by atoms with Crippen LogP contribution in [0.3, 0.4) is 0 Å². The van der Waals surface area contributed by atoms with Crippen LogP contribution in [-0.4, -0.2) is 29.3 Å². The van der Waals surface area contributed by atoms with E-state index in [1.165, 1.54) is 10.5 Å². The third kappa shape index (κ3) is 3.03. The second-order valence-corrected chi connectivity index (χ2v) is 5.70. The first-order valence-electron chi connectivity index (χ1n) is 7.94. The molecule has 0 saturated heterocycles. The highest BCUT2D eigenvalue weighted by molar-refractivity contribution is 6.21.